The lowest BCUT2D eigenvalue weighted by molar-refractivity contribution is -0.136. The number of rotatable bonds is 2. The Labute approximate surface area is 98.9 Å². The van der Waals surface area contributed by atoms with Gasteiger partial charge in [0, 0.05) is 37.2 Å². The maximum atomic E-state index is 10.8. The molecule has 2 aromatic rings. The summed E-state index contributed by atoms with van der Waals surface area (Å²) in [5, 5.41) is 13.3. The standard InChI is InChI=1S/C13H14N2O2/c1-15-7-10(4-13(16)17)11-2-8-5-14-6-9(8)3-12(11)15/h2-3,7,14H,4-6H2,1H3,(H,16,17). The molecule has 4 heteroatoms. The van der Waals surface area contributed by atoms with Gasteiger partial charge in [-0.3, -0.25) is 4.79 Å². The number of carboxylic acid groups (broad SMARTS) is 1. The molecule has 0 spiro atoms. The summed E-state index contributed by atoms with van der Waals surface area (Å²) < 4.78 is 2.01. The zero-order valence-electron chi connectivity index (χ0n) is 9.66. The molecule has 0 saturated heterocycles. The van der Waals surface area contributed by atoms with Crippen LogP contribution in [0.4, 0.5) is 0 Å². The Balaban J connectivity index is 2.22. The highest BCUT2D eigenvalue weighted by atomic mass is 16.4. The molecule has 0 atom stereocenters. The average Bonchev–Trinajstić information content (AvgIpc) is 2.82. The molecule has 0 amide bonds. The zero-order chi connectivity index (χ0) is 12.0. The summed E-state index contributed by atoms with van der Waals surface area (Å²) in [5.74, 6) is -0.781. The van der Waals surface area contributed by atoms with E-state index in [0.717, 1.165) is 29.6 Å². The molecule has 3 rings (SSSR count). The number of hydrogen-bond acceptors (Lipinski definition) is 2. The van der Waals surface area contributed by atoms with Crippen LogP contribution in [0.15, 0.2) is 18.3 Å². The number of aliphatic carboxylic acids is 1. The van der Waals surface area contributed by atoms with Gasteiger partial charge in [-0.1, -0.05) is 0 Å². The van der Waals surface area contributed by atoms with E-state index < -0.39 is 5.97 Å². The average molecular weight is 230 g/mol. The van der Waals surface area contributed by atoms with Gasteiger partial charge in [-0.25, -0.2) is 0 Å². The molecule has 17 heavy (non-hydrogen) atoms. The molecule has 2 heterocycles. The van der Waals surface area contributed by atoms with Crippen molar-refractivity contribution in [1.29, 1.82) is 0 Å². The molecule has 1 aromatic carbocycles. The molecule has 1 aromatic heterocycles. The van der Waals surface area contributed by atoms with Crippen molar-refractivity contribution >= 4 is 16.9 Å². The molecule has 88 valence electrons. The van der Waals surface area contributed by atoms with E-state index in [2.05, 4.69) is 17.4 Å². The van der Waals surface area contributed by atoms with Crippen molar-refractivity contribution in [3.05, 3.63) is 35.0 Å². The minimum absolute atomic E-state index is 0.0869. The van der Waals surface area contributed by atoms with Gasteiger partial charge in [-0.15, -0.1) is 0 Å². The van der Waals surface area contributed by atoms with E-state index in [1.807, 2.05) is 17.8 Å². The number of nitrogens with one attached hydrogen (secondary N) is 1. The maximum Gasteiger partial charge on any atom is 0.307 e. The molecule has 0 radical (unpaired) electrons. The molecular formula is C13H14N2O2. The van der Waals surface area contributed by atoms with Crippen molar-refractivity contribution in [2.24, 2.45) is 7.05 Å². The summed E-state index contributed by atoms with van der Waals surface area (Å²) in [7, 11) is 1.96. The SMILES string of the molecule is Cn1cc(CC(=O)O)c2cc3c(cc21)CNC3. The highest BCUT2D eigenvalue weighted by molar-refractivity contribution is 5.88. The van der Waals surface area contributed by atoms with Gasteiger partial charge in [0.2, 0.25) is 0 Å². The highest BCUT2D eigenvalue weighted by Crippen LogP contribution is 2.27. The lowest BCUT2D eigenvalue weighted by Crippen LogP contribution is -2.00. The number of nitrogens with zero attached hydrogens (tertiary/aromatic N) is 1. The van der Waals surface area contributed by atoms with Crippen LogP contribution in [0, 0.1) is 0 Å². The Morgan fingerprint density at radius 3 is 2.82 bits per heavy atom. The van der Waals surface area contributed by atoms with Gasteiger partial charge in [0.05, 0.1) is 6.42 Å². The second-order valence-electron chi connectivity index (χ2n) is 4.58. The van der Waals surface area contributed by atoms with E-state index in [1.165, 1.54) is 11.1 Å². The Kier molecular flexibility index (Phi) is 2.19. The molecule has 2 N–H and O–H groups in total. The van der Waals surface area contributed by atoms with E-state index in [1.54, 1.807) is 0 Å². The zero-order valence-corrected chi connectivity index (χ0v) is 9.66. The number of carbonyl (C=O) groups is 1. The summed E-state index contributed by atoms with van der Waals surface area (Å²) in [6.07, 6.45) is 2.00. The number of benzene rings is 1. The van der Waals surface area contributed by atoms with Gasteiger partial charge in [0.1, 0.15) is 0 Å². The Morgan fingerprint density at radius 1 is 1.41 bits per heavy atom. The van der Waals surface area contributed by atoms with Gasteiger partial charge in [-0.05, 0) is 28.8 Å². The summed E-state index contributed by atoms with van der Waals surface area (Å²) in [5.41, 5.74) is 4.62. The number of fused-ring (bicyclic) bond motifs is 2. The Hall–Kier alpha value is -1.81. The van der Waals surface area contributed by atoms with Crippen LogP contribution in [0.2, 0.25) is 0 Å². The fraction of sp³-hybridized carbons (Fsp3) is 0.308. The number of aromatic nitrogens is 1. The largest absolute Gasteiger partial charge is 0.481 e. The first-order valence-corrected chi connectivity index (χ1v) is 5.67. The van der Waals surface area contributed by atoms with E-state index >= 15 is 0 Å². The lowest BCUT2D eigenvalue weighted by atomic mass is 10.0. The smallest absolute Gasteiger partial charge is 0.307 e. The Morgan fingerprint density at radius 2 is 2.12 bits per heavy atom. The fourth-order valence-electron chi connectivity index (χ4n) is 2.56. The second kappa shape index (κ2) is 3.60. The Bertz CT molecular complexity index is 613. The van der Waals surface area contributed by atoms with Gasteiger partial charge < -0.3 is 15.0 Å². The predicted molar refractivity (Wildman–Crippen MR) is 64.8 cm³/mol. The molecule has 4 nitrogen and oxygen atoms in total. The third kappa shape index (κ3) is 1.61. The molecular weight excluding hydrogens is 216 g/mol. The third-order valence-corrected chi connectivity index (χ3v) is 3.37. The molecule has 0 aliphatic carbocycles. The maximum absolute atomic E-state index is 10.8. The number of aryl methyl sites for hydroxylation is 1. The molecule has 0 fully saturated rings. The van der Waals surface area contributed by atoms with Crippen molar-refractivity contribution in [2.45, 2.75) is 19.5 Å². The summed E-state index contributed by atoms with van der Waals surface area (Å²) >= 11 is 0. The van der Waals surface area contributed by atoms with Crippen LogP contribution >= 0.6 is 0 Å². The van der Waals surface area contributed by atoms with Gasteiger partial charge >= 0.3 is 5.97 Å². The summed E-state index contributed by atoms with van der Waals surface area (Å²) in [4.78, 5) is 10.8. The number of carboxylic acids is 1. The van der Waals surface area contributed by atoms with E-state index in [4.69, 9.17) is 5.11 Å². The first-order chi connectivity index (χ1) is 8.15. The summed E-state index contributed by atoms with van der Waals surface area (Å²) in [6, 6.07) is 4.29. The van der Waals surface area contributed by atoms with Crippen LogP contribution in [0.5, 0.6) is 0 Å². The van der Waals surface area contributed by atoms with E-state index in [0.29, 0.717) is 0 Å². The summed E-state index contributed by atoms with van der Waals surface area (Å²) in [6.45, 7) is 1.79. The fourth-order valence-corrected chi connectivity index (χ4v) is 2.56. The van der Waals surface area contributed by atoms with Crippen molar-refractivity contribution in [3.8, 4) is 0 Å². The van der Waals surface area contributed by atoms with Crippen molar-refractivity contribution in [1.82, 2.24) is 9.88 Å². The van der Waals surface area contributed by atoms with E-state index in [-0.39, 0.29) is 6.42 Å². The van der Waals surface area contributed by atoms with Crippen LogP contribution in [0.25, 0.3) is 10.9 Å². The van der Waals surface area contributed by atoms with Crippen LogP contribution < -0.4 is 5.32 Å². The first kappa shape index (κ1) is 10.4. The van der Waals surface area contributed by atoms with Crippen LogP contribution in [0.1, 0.15) is 16.7 Å². The number of hydrogen-bond donors (Lipinski definition) is 2. The van der Waals surface area contributed by atoms with E-state index in [9.17, 15) is 4.79 Å². The lowest BCUT2D eigenvalue weighted by Gasteiger charge is -2.01. The van der Waals surface area contributed by atoms with Crippen LogP contribution in [-0.2, 0) is 31.4 Å². The van der Waals surface area contributed by atoms with Crippen LogP contribution in [0.3, 0.4) is 0 Å². The van der Waals surface area contributed by atoms with Gasteiger partial charge in [0.15, 0.2) is 0 Å². The molecule has 0 bridgehead atoms. The molecule has 1 aliphatic rings. The predicted octanol–water partition coefficient (Wildman–Crippen LogP) is 1.41. The monoisotopic (exact) mass is 230 g/mol. The topological polar surface area (TPSA) is 54.3 Å². The first-order valence-electron chi connectivity index (χ1n) is 5.67. The third-order valence-electron chi connectivity index (χ3n) is 3.37. The molecule has 0 saturated carbocycles. The normalized spacial score (nSPS) is 14.2. The molecule has 1 aliphatic heterocycles. The van der Waals surface area contributed by atoms with Crippen molar-refractivity contribution < 1.29 is 9.90 Å². The quantitative estimate of drug-likeness (QED) is 0.820. The van der Waals surface area contributed by atoms with Crippen molar-refractivity contribution in [2.75, 3.05) is 0 Å². The molecule has 0 unspecified atom stereocenters. The minimum Gasteiger partial charge on any atom is -0.481 e. The van der Waals surface area contributed by atoms with Gasteiger partial charge in [0.25, 0.3) is 0 Å². The highest BCUT2D eigenvalue weighted by Gasteiger charge is 2.15. The van der Waals surface area contributed by atoms with Crippen LogP contribution in [-0.4, -0.2) is 15.6 Å². The second-order valence-corrected chi connectivity index (χ2v) is 4.58. The van der Waals surface area contributed by atoms with Crippen molar-refractivity contribution in [3.63, 3.8) is 0 Å². The minimum atomic E-state index is -0.781. The van der Waals surface area contributed by atoms with Gasteiger partial charge in [-0.2, -0.15) is 0 Å².